The molecular weight excluding hydrogens is 650 g/mol. The number of nitrogens with zero attached hydrogens (tertiary/aromatic N) is 1. The second kappa shape index (κ2) is 15.2. The molecule has 4 aromatic rings. The van der Waals surface area contributed by atoms with E-state index in [0.29, 0.717) is 39.0 Å². The third-order valence-electron chi connectivity index (χ3n) is 7.37. The van der Waals surface area contributed by atoms with Crippen molar-refractivity contribution in [1.29, 1.82) is 0 Å². The van der Waals surface area contributed by atoms with Crippen molar-refractivity contribution in [2.75, 3.05) is 31.5 Å². The van der Waals surface area contributed by atoms with Crippen molar-refractivity contribution in [3.8, 4) is 17.2 Å². The number of nitrogens with one attached hydrogen (secondary N) is 2. The summed E-state index contributed by atoms with van der Waals surface area (Å²) in [6.07, 6.45) is 1.41. The summed E-state index contributed by atoms with van der Waals surface area (Å²) < 4.78 is 16.3. The van der Waals surface area contributed by atoms with Crippen LogP contribution in [-0.2, 0) is 14.4 Å². The minimum Gasteiger partial charge on any atom is -0.493 e. The Balaban J connectivity index is 1.37. The van der Waals surface area contributed by atoms with Crippen molar-refractivity contribution in [2.45, 2.75) is 16.6 Å². The molecule has 0 saturated carbocycles. The van der Waals surface area contributed by atoms with Gasteiger partial charge in [-0.05, 0) is 78.4 Å². The number of anilines is 2. The zero-order valence-corrected chi connectivity index (χ0v) is 27.4. The predicted molar refractivity (Wildman–Crippen MR) is 183 cm³/mol. The van der Waals surface area contributed by atoms with E-state index in [1.165, 1.54) is 51.7 Å². The summed E-state index contributed by atoms with van der Waals surface area (Å²) >= 11 is 1.16. The van der Waals surface area contributed by atoms with E-state index in [1.54, 1.807) is 66.7 Å². The number of thioether (sulfide) groups is 1. The molecule has 49 heavy (non-hydrogen) atoms. The lowest BCUT2D eigenvalue weighted by Crippen LogP contribution is -2.31. The Kier molecular flexibility index (Phi) is 10.6. The first-order chi connectivity index (χ1) is 23.6. The van der Waals surface area contributed by atoms with Gasteiger partial charge in [0.05, 0.1) is 37.8 Å². The van der Waals surface area contributed by atoms with Gasteiger partial charge in [-0.15, -0.1) is 11.8 Å². The molecule has 1 aliphatic heterocycles. The summed E-state index contributed by atoms with van der Waals surface area (Å²) in [5, 5.41) is 13.9. The van der Waals surface area contributed by atoms with Crippen LogP contribution in [0.5, 0.6) is 17.2 Å². The molecule has 0 bridgehead atoms. The van der Waals surface area contributed by atoms with Gasteiger partial charge in [0.25, 0.3) is 11.8 Å². The van der Waals surface area contributed by atoms with E-state index in [-0.39, 0.29) is 23.4 Å². The van der Waals surface area contributed by atoms with E-state index in [4.69, 9.17) is 19.3 Å². The number of amides is 4. The smallest absolute Gasteiger partial charge is 0.335 e. The molecule has 0 unspecified atom stereocenters. The van der Waals surface area contributed by atoms with Crippen LogP contribution >= 0.6 is 11.8 Å². The van der Waals surface area contributed by atoms with E-state index < -0.39 is 34.8 Å². The summed E-state index contributed by atoms with van der Waals surface area (Å²) in [5.74, 6) is -2.05. The SMILES string of the molecule is COc1cc(/C=C(\NC(=O)c2ccccc2)C(=O)Nc2cccc(S[C@H]3CC(=O)N(c4ccc(C(=O)O)cc4)C3=O)c2)cc(OC)c1OC. The molecule has 5 rings (SSSR count). The number of ether oxygens (including phenoxy) is 3. The molecule has 0 radical (unpaired) electrons. The van der Waals surface area contributed by atoms with Crippen LogP contribution in [0.15, 0.2) is 102 Å². The van der Waals surface area contributed by atoms with Gasteiger partial charge in [-0.3, -0.25) is 19.2 Å². The van der Waals surface area contributed by atoms with Gasteiger partial charge in [-0.1, -0.05) is 24.3 Å². The number of carboxylic acids is 1. The minimum atomic E-state index is -1.12. The van der Waals surface area contributed by atoms with E-state index in [2.05, 4.69) is 10.6 Å². The maximum Gasteiger partial charge on any atom is 0.335 e. The Morgan fingerprint density at radius 3 is 2.12 bits per heavy atom. The van der Waals surface area contributed by atoms with E-state index in [9.17, 15) is 24.0 Å². The van der Waals surface area contributed by atoms with Crippen molar-refractivity contribution in [3.63, 3.8) is 0 Å². The number of carbonyl (C=O) groups excluding carboxylic acids is 4. The summed E-state index contributed by atoms with van der Waals surface area (Å²) in [6.45, 7) is 0. The number of rotatable bonds is 12. The van der Waals surface area contributed by atoms with Crippen LogP contribution in [0.25, 0.3) is 6.08 Å². The molecule has 1 saturated heterocycles. The second-order valence-electron chi connectivity index (χ2n) is 10.5. The maximum absolute atomic E-state index is 13.7. The highest BCUT2D eigenvalue weighted by Gasteiger charge is 2.40. The minimum absolute atomic E-state index is 0.0359. The summed E-state index contributed by atoms with van der Waals surface area (Å²) in [7, 11) is 4.40. The van der Waals surface area contributed by atoms with Crippen molar-refractivity contribution in [2.24, 2.45) is 0 Å². The number of hydrogen-bond donors (Lipinski definition) is 3. The topological polar surface area (TPSA) is 161 Å². The predicted octanol–water partition coefficient (Wildman–Crippen LogP) is 5.24. The molecule has 1 aliphatic rings. The highest BCUT2D eigenvalue weighted by Crippen LogP contribution is 2.39. The molecular formula is C36H31N3O9S. The molecule has 1 atom stereocenters. The average molecular weight is 682 g/mol. The van der Waals surface area contributed by atoms with Crippen LogP contribution in [0.1, 0.15) is 32.7 Å². The van der Waals surface area contributed by atoms with Crippen LogP contribution in [0.2, 0.25) is 0 Å². The molecule has 250 valence electrons. The third kappa shape index (κ3) is 7.91. The van der Waals surface area contributed by atoms with Crippen molar-refractivity contribution in [3.05, 3.63) is 113 Å². The van der Waals surface area contributed by atoms with Crippen LogP contribution in [-0.4, -0.2) is 61.3 Å². The second-order valence-corrected chi connectivity index (χ2v) is 11.8. The standard InChI is InChI=1S/C36H31N3O9S/c1-46-28-17-21(18-29(47-2)32(28)48-3)16-27(38-33(41)22-8-5-4-6-9-22)34(42)37-24-10-7-11-26(19-24)49-30-20-31(40)39(35(30)43)25-14-12-23(13-15-25)36(44)45/h4-19,30H,20H2,1-3H3,(H,37,42)(H,38,41)(H,44,45)/b27-16-/t30-/m0/s1. The zero-order valence-electron chi connectivity index (χ0n) is 26.6. The molecule has 0 spiro atoms. The molecule has 1 fully saturated rings. The number of methoxy groups -OCH3 is 3. The first-order valence-corrected chi connectivity index (χ1v) is 15.7. The highest BCUT2D eigenvalue weighted by atomic mass is 32.2. The van der Waals surface area contributed by atoms with Gasteiger partial charge < -0.3 is 30.0 Å². The molecule has 0 aliphatic carbocycles. The largest absolute Gasteiger partial charge is 0.493 e. The van der Waals surface area contributed by atoms with Gasteiger partial charge >= 0.3 is 5.97 Å². The lowest BCUT2D eigenvalue weighted by atomic mass is 10.1. The van der Waals surface area contributed by atoms with Crippen molar-refractivity contribution in [1.82, 2.24) is 5.32 Å². The quantitative estimate of drug-likeness (QED) is 0.133. The van der Waals surface area contributed by atoms with E-state index >= 15 is 0 Å². The molecule has 12 nitrogen and oxygen atoms in total. The molecule has 1 heterocycles. The van der Waals surface area contributed by atoms with E-state index in [1.807, 2.05) is 0 Å². The Morgan fingerprint density at radius 2 is 1.51 bits per heavy atom. The van der Waals surface area contributed by atoms with Gasteiger partial charge in [-0.2, -0.15) is 0 Å². The Bertz CT molecular complexity index is 1920. The van der Waals surface area contributed by atoms with Gasteiger partial charge in [0, 0.05) is 22.6 Å². The van der Waals surface area contributed by atoms with E-state index in [0.717, 1.165) is 16.7 Å². The Morgan fingerprint density at radius 1 is 0.837 bits per heavy atom. The maximum atomic E-state index is 13.7. The van der Waals surface area contributed by atoms with Crippen molar-refractivity contribution < 1.29 is 43.3 Å². The summed E-state index contributed by atoms with van der Waals surface area (Å²) in [4.78, 5) is 65.7. The number of aromatic carboxylic acids is 1. The molecule has 4 amide bonds. The van der Waals surface area contributed by atoms with Crippen LogP contribution < -0.4 is 29.7 Å². The first kappa shape index (κ1) is 34.3. The number of carboxylic acid groups (broad SMARTS) is 1. The van der Waals surface area contributed by atoms with Gasteiger partial charge in [0.1, 0.15) is 5.70 Å². The van der Waals surface area contributed by atoms with Crippen LogP contribution in [0.4, 0.5) is 11.4 Å². The monoisotopic (exact) mass is 681 g/mol. The summed E-state index contributed by atoms with van der Waals surface area (Å²) in [6, 6.07) is 23.9. The first-order valence-electron chi connectivity index (χ1n) is 14.8. The van der Waals surface area contributed by atoms with Crippen molar-refractivity contribution >= 4 is 58.8 Å². The number of imide groups is 1. The fourth-order valence-electron chi connectivity index (χ4n) is 5.02. The fourth-order valence-corrected chi connectivity index (χ4v) is 6.14. The van der Waals surface area contributed by atoms with Crippen LogP contribution in [0, 0.1) is 0 Å². The lowest BCUT2D eigenvalue weighted by molar-refractivity contribution is -0.121. The molecule has 4 aromatic carbocycles. The van der Waals surface area contributed by atoms with Gasteiger partial charge in [0.2, 0.25) is 17.6 Å². The molecule has 0 aromatic heterocycles. The average Bonchev–Trinajstić information content (AvgIpc) is 3.39. The number of hydrogen-bond acceptors (Lipinski definition) is 9. The molecule has 3 N–H and O–H groups in total. The fraction of sp³-hybridized carbons (Fsp3) is 0.139. The Hall–Kier alpha value is -6.08. The highest BCUT2D eigenvalue weighted by molar-refractivity contribution is 8.00. The number of benzene rings is 4. The normalized spacial score (nSPS) is 14.3. The van der Waals surface area contributed by atoms with Gasteiger partial charge in [0.15, 0.2) is 11.5 Å². The number of carbonyl (C=O) groups is 5. The third-order valence-corrected chi connectivity index (χ3v) is 8.55. The lowest BCUT2D eigenvalue weighted by Gasteiger charge is -2.16. The molecule has 13 heteroatoms. The zero-order chi connectivity index (χ0) is 35.1. The summed E-state index contributed by atoms with van der Waals surface area (Å²) in [5.41, 5.74) is 1.43. The van der Waals surface area contributed by atoms with Gasteiger partial charge in [-0.25, -0.2) is 9.69 Å². The Labute approximate surface area is 285 Å². The van der Waals surface area contributed by atoms with Crippen LogP contribution in [0.3, 0.4) is 0 Å².